The van der Waals surface area contributed by atoms with Crippen molar-refractivity contribution < 1.29 is 14.0 Å². The Bertz CT molecular complexity index is 1320. The summed E-state index contributed by atoms with van der Waals surface area (Å²) in [4.78, 5) is 41.4. The summed E-state index contributed by atoms with van der Waals surface area (Å²) < 4.78 is 6.75. The molecule has 8 nitrogen and oxygen atoms in total. The van der Waals surface area contributed by atoms with Crippen LogP contribution in [0.4, 0.5) is 0 Å². The van der Waals surface area contributed by atoms with Crippen molar-refractivity contribution in [3.05, 3.63) is 76.0 Å². The van der Waals surface area contributed by atoms with Gasteiger partial charge >= 0.3 is 5.91 Å². The van der Waals surface area contributed by atoms with Crippen LogP contribution in [0.3, 0.4) is 0 Å². The zero-order chi connectivity index (χ0) is 20.5. The molecule has 0 unspecified atom stereocenters. The molecule has 0 fully saturated rings. The minimum atomic E-state index is -0.577. The normalized spacial score (nSPS) is 11.0. The summed E-state index contributed by atoms with van der Waals surface area (Å²) in [5.41, 5.74) is 7.04. The monoisotopic (exact) mass is 390 g/mol. The van der Waals surface area contributed by atoms with Gasteiger partial charge in [0.25, 0.3) is 11.5 Å². The van der Waals surface area contributed by atoms with Crippen molar-refractivity contribution in [3.63, 3.8) is 0 Å². The van der Waals surface area contributed by atoms with Crippen LogP contribution in [-0.4, -0.2) is 21.4 Å². The number of para-hydroxylation sites is 2. The minimum Gasteiger partial charge on any atom is -0.451 e. The first-order valence-corrected chi connectivity index (χ1v) is 8.98. The highest BCUT2D eigenvalue weighted by Crippen LogP contribution is 2.24. The molecule has 0 aliphatic rings. The largest absolute Gasteiger partial charge is 0.451 e. The van der Waals surface area contributed by atoms with Gasteiger partial charge in [-0.15, -0.1) is 0 Å². The van der Waals surface area contributed by atoms with Gasteiger partial charge in [0, 0.05) is 10.9 Å². The smallest absolute Gasteiger partial charge is 0.305 e. The number of amides is 2. The minimum absolute atomic E-state index is 0.117. The average Bonchev–Trinajstić information content (AvgIpc) is 3.06. The predicted octanol–water partition coefficient (Wildman–Crippen LogP) is 2.22. The molecule has 0 aliphatic carbocycles. The van der Waals surface area contributed by atoms with Crippen LogP contribution in [0.2, 0.25) is 0 Å². The van der Waals surface area contributed by atoms with E-state index in [1.54, 1.807) is 25.1 Å². The van der Waals surface area contributed by atoms with Crippen molar-refractivity contribution in [2.75, 3.05) is 0 Å². The molecule has 4 aromatic rings. The Morgan fingerprint density at radius 1 is 1.03 bits per heavy atom. The SMILES string of the molecule is Cc1c(C(=O)NNC(=O)Cn2cnc3c(C)cccc3c2=O)oc2ccccc12. The average molecular weight is 390 g/mol. The van der Waals surface area contributed by atoms with Crippen LogP contribution in [0.1, 0.15) is 21.7 Å². The van der Waals surface area contributed by atoms with Crippen LogP contribution < -0.4 is 16.4 Å². The zero-order valence-electron chi connectivity index (χ0n) is 15.9. The molecule has 0 aliphatic heterocycles. The molecular formula is C21H18N4O4. The van der Waals surface area contributed by atoms with Crippen molar-refractivity contribution in [1.29, 1.82) is 0 Å². The summed E-state index contributed by atoms with van der Waals surface area (Å²) in [7, 11) is 0. The van der Waals surface area contributed by atoms with Gasteiger partial charge < -0.3 is 4.42 Å². The molecule has 2 aromatic heterocycles. The van der Waals surface area contributed by atoms with Crippen LogP contribution in [0.5, 0.6) is 0 Å². The Balaban J connectivity index is 1.47. The molecule has 0 bridgehead atoms. The second-order valence-electron chi connectivity index (χ2n) is 6.70. The number of rotatable bonds is 3. The molecule has 0 atom stereocenters. The van der Waals surface area contributed by atoms with E-state index < -0.39 is 11.8 Å². The number of fused-ring (bicyclic) bond motifs is 2. The van der Waals surface area contributed by atoms with Gasteiger partial charge in [-0.3, -0.25) is 29.8 Å². The fraction of sp³-hybridized carbons (Fsp3) is 0.143. The summed E-state index contributed by atoms with van der Waals surface area (Å²) in [6.07, 6.45) is 1.32. The molecule has 29 heavy (non-hydrogen) atoms. The van der Waals surface area contributed by atoms with Crippen molar-refractivity contribution in [3.8, 4) is 0 Å². The van der Waals surface area contributed by atoms with E-state index in [1.807, 2.05) is 31.2 Å². The Morgan fingerprint density at radius 2 is 1.79 bits per heavy atom. The topological polar surface area (TPSA) is 106 Å². The maximum atomic E-state index is 12.6. The number of nitrogens with zero attached hydrogens (tertiary/aromatic N) is 2. The maximum absolute atomic E-state index is 12.6. The van der Waals surface area contributed by atoms with Crippen LogP contribution in [0, 0.1) is 13.8 Å². The van der Waals surface area contributed by atoms with Crippen molar-refractivity contribution in [2.45, 2.75) is 20.4 Å². The van der Waals surface area contributed by atoms with Crippen molar-refractivity contribution >= 4 is 33.7 Å². The number of benzene rings is 2. The van der Waals surface area contributed by atoms with E-state index in [-0.39, 0.29) is 17.9 Å². The standard InChI is InChI=1S/C21H18N4O4/c1-12-6-5-8-15-18(12)22-11-25(21(15)28)10-17(26)23-24-20(27)19-13(2)14-7-3-4-9-16(14)29-19/h3-9,11H,10H2,1-2H3,(H,23,26)(H,24,27). The second-order valence-corrected chi connectivity index (χ2v) is 6.70. The van der Waals surface area contributed by atoms with E-state index in [2.05, 4.69) is 15.8 Å². The summed E-state index contributed by atoms with van der Waals surface area (Å²) in [6.45, 7) is 3.35. The Morgan fingerprint density at radius 3 is 2.59 bits per heavy atom. The van der Waals surface area contributed by atoms with Gasteiger partial charge in [0.2, 0.25) is 0 Å². The summed E-state index contributed by atoms with van der Waals surface area (Å²) in [5, 5.41) is 1.26. The first kappa shape index (κ1) is 18.4. The van der Waals surface area contributed by atoms with Crippen LogP contribution in [0.15, 0.2) is 58.0 Å². The highest BCUT2D eigenvalue weighted by atomic mass is 16.3. The predicted molar refractivity (Wildman–Crippen MR) is 107 cm³/mol. The lowest BCUT2D eigenvalue weighted by Crippen LogP contribution is -2.44. The lowest BCUT2D eigenvalue weighted by atomic mass is 10.1. The summed E-state index contributed by atoms with van der Waals surface area (Å²) >= 11 is 0. The Hall–Kier alpha value is -3.94. The first-order valence-electron chi connectivity index (χ1n) is 8.98. The molecule has 0 radical (unpaired) electrons. The number of furan rings is 1. The first-order chi connectivity index (χ1) is 14.0. The maximum Gasteiger partial charge on any atom is 0.305 e. The number of aromatic nitrogens is 2. The number of carbonyl (C=O) groups excluding carboxylic acids is 2. The molecule has 0 saturated carbocycles. The van der Waals surface area contributed by atoms with E-state index in [1.165, 1.54) is 10.9 Å². The van der Waals surface area contributed by atoms with Gasteiger partial charge in [0.05, 0.1) is 17.2 Å². The van der Waals surface area contributed by atoms with E-state index in [0.717, 1.165) is 10.9 Å². The number of hydrogen-bond acceptors (Lipinski definition) is 5. The molecule has 2 amide bonds. The number of aryl methyl sites for hydroxylation is 2. The summed E-state index contributed by atoms with van der Waals surface area (Å²) in [6, 6.07) is 12.6. The van der Waals surface area contributed by atoms with Crippen LogP contribution in [0.25, 0.3) is 21.9 Å². The summed E-state index contributed by atoms with van der Waals surface area (Å²) in [5.74, 6) is -1.03. The molecule has 2 heterocycles. The highest BCUT2D eigenvalue weighted by molar-refractivity contribution is 5.99. The molecule has 8 heteroatoms. The van der Waals surface area contributed by atoms with E-state index >= 15 is 0 Å². The van der Waals surface area contributed by atoms with Gasteiger partial charge in [-0.2, -0.15) is 0 Å². The van der Waals surface area contributed by atoms with Crippen LogP contribution in [-0.2, 0) is 11.3 Å². The fourth-order valence-electron chi connectivity index (χ4n) is 3.22. The van der Waals surface area contributed by atoms with Gasteiger partial charge in [0.1, 0.15) is 12.1 Å². The van der Waals surface area contributed by atoms with Gasteiger partial charge in [-0.25, -0.2) is 4.98 Å². The van der Waals surface area contributed by atoms with E-state index in [0.29, 0.717) is 22.0 Å². The third-order valence-corrected chi connectivity index (χ3v) is 4.73. The molecule has 4 rings (SSSR count). The molecule has 146 valence electrons. The Kier molecular flexibility index (Phi) is 4.59. The van der Waals surface area contributed by atoms with Gasteiger partial charge in [-0.05, 0) is 31.5 Å². The van der Waals surface area contributed by atoms with Crippen molar-refractivity contribution in [1.82, 2.24) is 20.4 Å². The highest BCUT2D eigenvalue weighted by Gasteiger charge is 2.18. The van der Waals surface area contributed by atoms with Gasteiger partial charge in [0.15, 0.2) is 5.76 Å². The Labute approximate surface area is 165 Å². The lowest BCUT2D eigenvalue weighted by Gasteiger charge is -2.09. The molecule has 2 aromatic carbocycles. The fourth-order valence-corrected chi connectivity index (χ4v) is 3.22. The quantitative estimate of drug-likeness (QED) is 0.522. The van der Waals surface area contributed by atoms with Crippen LogP contribution >= 0.6 is 0 Å². The molecule has 0 spiro atoms. The number of hydrogen-bond donors (Lipinski definition) is 2. The molecule has 0 saturated heterocycles. The number of hydrazine groups is 1. The second kappa shape index (κ2) is 7.23. The van der Waals surface area contributed by atoms with Gasteiger partial charge in [-0.1, -0.05) is 30.3 Å². The lowest BCUT2D eigenvalue weighted by molar-refractivity contribution is -0.122. The van der Waals surface area contributed by atoms with E-state index in [9.17, 15) is 14.4 Å². The zero-order valence-corrected chi connectivity index (χ0v) is 15.9. The molecular weight excluding hydrogens is 372 g/mol. The number of nitrogens with one attached hydrogen (secondary N) is 2. The van der Waals surface area contributed by atoms with E-state index in [4.69, 9.17) is 4.42 Å². The van der Waals surface area contributed by atoms with Crippen molar-refractivity contribution in [2.24, 2.45) is 0 Å². The number of carbonyl (C=O) groups is 2. The third-order valence-electron chi connectivity index (χ3n) is 4.73. The third kappa shape index (κ3) is 3.36. The molecule has 2 N–H and O–H groups in total.